The van der Waals surface area contributed by atoms with Crippen LogP contribution in [0, 0.1) is 6.92 Å². The third-order valence-corrected chi connectivity index (χ3v) is 4.75. The monoisotopic (exact) mass is 365 g/mol. The van der Waals surface area contributed by atoms with Crippen LogP contribution in [0.15, 0.2) is 35.5 Å². The molecular formula is C16H23N5O3S. The van der Waals surface area contributed by atoms with Crippen molar-refractivity contribution in [1.29, 1.82) is 0 Å². The van der Waals surface area contributed by atoms with Crippen LogP contribution >= 0.6 is 0 Å². The van der Waals surface area contributed by atoms with Crippen LogP contribution in [0.4, 0.5) is 10.5 Å². The van der Waals surface area contributed by atoms with E-state index in [1.165, 1.54) is 12.1 Å². The van der Waals surface area contributed by atoms with E-state index >= 15 is 0 Å². The molecule has 0 aliphatic rings. The zero-order valence-electron chi connectivity index (χ0n) is 14.6. The molecule has 3 N–H and O–H groups in total. The first-order chi connectivity index (χ1) is 11.7. The molecule has 2 rings (SSSR count). The SMILES string of the molecule is Cc1ccc(S(N)(=O)=O)cc1NC(=O)N(C)CCCc1cnn(C)c1. The highest BCUT2D eigenvalue weighted by Gasteiger charge is 2.14. The molecule has 0 aliphatic carbocycles. The molecule has 1 heterocycles. The van der Waals surface area contributed by atoms with Gasteiger partial charge in [0, 0.05) is 32.5 Å². The van der Waals surface area contributed by atoms with Crippen molar-refractivity contribution in [3.8, 4) is 0 Å². The molecule has 0 saturated heterocycles. The van der Waals surface area contributed by atoms with Crippen LogP contribution in [-0.2, 0) is 23.5 Å². The number of nitrogens with zero attached hydrogens (tertiary/aromatic N) is 3. The number of nitrogens with one attached hydrogen (secondary N) is 1. The van der Waals surface area contributed by atoms with E-state index in [4.69, 9.17) is 5.14 Å². The molecule has 9 heteroatoms. The molecule has 0 bridgehead atoms. The van der Waals surface area contributed by atoms with E-state index < -0.39 is 10.0 Å². The molecule has 0 saturated carbocycles. The van der Waals surface area contributed by atoms with Gasteiger partial charge in [-0.25, -0.2) is 18.4 Å². The van der Waals surface area contributed by atoms with Crippen LogP contribution in [0.1, 0.15) is 17.5 Å². The van der Waals surface area contributed by atoms with E-state index in [1.807, 2.05) is 19.4 Å². The van der Waals surface area contributed by atoms with Gasteiger partial charge in [-0.3, -0.25) is 4.68 Å². The number of hydrogen-bond acceptors (Lipinski definition) is 4. The molecule has 0 aliphatic heterocycles. The third-order valence-electron chi connectivity index (χ3n) is 3.84. The van der Waals surface area contributed by atoms with Crippen LogP contribution in [-0.4, -0.2) is 42.7 Å². The Morgan fingerprint density at radius 2 is 2.12 bits per heavy atom. The number of carbonyl (C=O) groups excluding carboxylic acids is 1. The Morgan fingerprint density at radius 3 is 2.72 bits per heavy atom. The third kappa shape index (κ3) is 5.30. The molecule has 1 aromatic carbocycles. The summed E-state index contributed by atoms with van der Waals surface area (Å²) in [7, 11) is -0.260. The molecule has 2 amide bonds. The summed E-state index contributed by atoms with van der Waals surface area (Å²) in [6.07, 6.45) is 5.38. The fraction of sp³-hybridized carbons (Fsp3) is 0.375. The number of hydrogen-bond donors (Lipinski definition) is 2. The summed E-state index contributed by atoms with van der Waals surface area (Å²) in [5.41, 5.74) is 2.30. The van der Waals surface area contributed by atoms with Gasteiger partial charge in [0.1, 0.15) is 0 Å². The molecule has 1 aromatic heterocycles. The number of aryl methyl sites for hydroxylation is 3. The summed E-state index contributed by atoms with van der Waals surface area (Å²) in [5.74, 6) is 0. The maximum absolute atomic E-state index is 12.3. The van der Waals surface area contributed by atoms with Gasteiger partial charge in [-0.05, 0) is 43.0 Å². The van der Waals surface area contributed by atoms with Crippen LogP contribution in [0.5, 0.6) is 0 Å². The van der Waals surface area contributed by atoms with Gasteiger partial charge < -0.3 is 10.2 Å². The molecule has 2 aromatic rings. The lowest BCUT2D eigenvalue weighted by Gasteiger charge is -2.19. The minimum Gasteiger partial charge on any atom is -0.328 e. The van der Waals surface area contributed by atoms with E-state index in [1.54, 1.807) is 29.6 Å². The lowest BCUT2D eigenvalue weighted by Crippen LogP contribution is -2.32. The van der Waals surface area contributed by atoms with E-state index in [9.17, 15) is 13.2 Å². The Kier molecular flexibility index (Phi) is 5.81. The number of rotatable bonds is 6. The largest absolute Gasteiger partial charge is 0.328 e. The zero-order chi connectivity index (χ0) is 18.6. The van der Waals surface area contributed by atoms with Gasteiger partial charge in [0.25, 0.3) is 0 Å². The van der Waals surface area contributed by atoms with Crippen LogP contribution in [0.2, 0.25) is 0 Å². The predicted octanol–water partition coefficient (Wildman–Crippen LogP) is 1.47. The maximum atomic E-state index is 12.3. The molecule has 25 heavy (non-hydrogen) atoms. The topological polar surface area (TPSA) is 110 Å². The molecular weight excluding hydrogens is 342 g/mol. The van der Waals surface area contributed by atoms with Gasteiger partial charge in [-0.15, -0.1) is 0 Å². The second-order valence-corrected chi connectivity index (χ2v) is 7.56. The van der Waals surface area contributed by atoms with Crippen molar-refractivity contribution in [2.75, 3.05) is 18.9 Å². The standard InChI is InChI=1S/C16H23N5O3S/c1-12-6-7-14(25(17,23)24)9-15(12)19-16(22)20(2)8-4-5-13-10-18-21(3)11-13/h6-7,9-11H,4-5,8H2,1-3H3,(H,19,22)(H2,17,23,24). The second kappa shape index (κ2) is 7.66. The second-order valence-electron chi connectivity index (χ2n) is 6.00. The highest BCUT2D eigenvalue weighted by Crippen LogP contribution is 2.19. The Bertz CT molecular complexity index is 860. The first-order valence-electron chi connectivity index (χ1n) is 7.80. The molecule has 8 nitrogen and oxygen atoms in total. The predicted molar refractivity (Wildman–Crippen MR) is 95.7 cm³/mol. The number of amides is 2. The molecule has 0 atom stereocenters. The zero-order valence-corrected chi connectivity index (χ0v) is 15.4. The van der Waals surface area contributed by atoms with Gasteiger partial charge in [0.15, 0.2) is 0 Å². The molecule has 0 unspecified atom stereocenters. The van der Waals surface area contributed by atoms with Gasteiger partial charge >= 0.3 is 6.03 Å². The van der Waals surface area contributed by atoms with E-state index in [-0.39, 0.29) is 10.9 Å². The van der Waals surface area contributed by atoms with Gasteiger partial charge in [0.2, 0.25) is 10.0 Å². The lowest BCUT2D eigenvalue weighted by molar-refractivity contribution is 0.222. The fourth-order valence-electron chi connectivity index (χ4n) is 2.35. The average molecular weight is 365 g/mol. The Morgan fingerprint density at radius 1 is 1.40 bits per heavy atom. The minimum absolute atomic E-state index is 0.0346. The number of carbonyl (C=O) groups is 1. The number of urea groups is 1. The van der Waals surface area contributed by atoms with E-state index in [0.29, 0.717) is 12.2 Å². The van der Waals surface area contributed by atoms with Gasteiger partial charge in [-0.2, -0.15) is 5.10 Å². The Balaban J connectivity index is 1.94. The number of primary sulfonamides is 1. The van der Waals surface area contributed by atoms with Gasteiger partial charge in [-0.1, -0.05) is 6.07 Å². The van der Waals surface area contributed by atoms with Crippen molar-refractivity contribution >= 4 is 21.7 Å². The Hall–Kier alpha value is -2.39. The molecule has 0 spiro atoms. The molecule has 136 valence electrons. The van der Waals surface area contributed by atoms with Crippen molar-refractivity contribution in [3.05, 3.63) is 41.7 Å². The number of sulfonamides is 1. The fourth-order valence-corrected chi connectivity index (χ4v) is 2.89. The van der Waals surface area contributed by atoms with Crippen LogP contribution < -0.4 is 10.5 Å². The van der Waals surface area contributed by atoms with Crippen LogP contribution in [0.3, 0.4) is 0 Å². The van der Waals surface area contributed by atoms with E-state index in [0.717, 1.165) is 24.0 Å². The molecule has 0 radical (unpaired) electrons. The Labute approximate surface area is 147 Å². The summed E-state index contributed by atoms with van der Waals surface area (Å²) in [6, 6.07) is 4.09. The quantitative estimate of drug-likeness (QED) is 0.807. The minimum atomic E-state index is -3.81. The first kappa shape index (κ1) is 18.9. The van der Waals surface area contributed by atoms with Crippen molar-refractivity contribution in [3.63, 3.8) is 0 Å². The highest BCUT2D eigenvalue weighted by molar-refractivity contribution is 7.89. The number of aromatic nitrogens is 2. The number of anilines is 1. The summed E-state index contributed by atoms with van der Waals surface area (Å²) in [6.45, 7) is 2.35. The van der Waals surface area contributed by atoms with Crippen molar-refractivity contribution < 1.29 is 13.2 Å². The first-order valence-corrected chi connectivity index (χ1v) is 9.34. The van der Waals surface area contributed by atoms with Gasteiger partial charge in [0.05, 0.1) is 11.1 Å². The van der Waals surface area contributed by atoms with E-state index in [2.05, 4.69) is 10.4 Å². The average Bonchev–Trinajstić information content (AvgIpc) is 2.93. The number of nitrogens with two attached hydrogens (primary N) is 1. The van der Waals surface area contributed by atoms with Crippen LogP contribution in [0.25, 0.3) is 0 Å². The maximum Gasteiger partial charge on any atom is 0.321 e. The smallest absolute Gasteiger partial charge is 0.321 e. The lowest BCUT2D eigenvalue weighted by atomic mass is 10.2. The summed E-state index contributed by atoms with van der Waals surface area (Å²) < 4.78 is 24.6. The van der Waals surface area contributed by atoms with Crippen molar-refractivity contribution in [2.45, 2.75) is 24.7 Å². The summed E-state index contributed by atoms with van der Waals surface area (Å²) in [4.78, 5) is 13.8. The van der Waals surface area contributed by atoms with Crippen molar-refractivity contribution in [2.24, 2.45) is 12.2 Å². The summed E-state index contributed by atoms with van der Waals surface area (Å²) >= 11 is 0. The number of benzene rings is 1. The summed E-state index contributed by atoms with van der Waals surface area (Å²) in [5, 5.41) is 12.0. The molecule has 0 fully saturated rings. The van der Waals surface area contributed by atoms with Crippen molar-refractivity contribution in [1.82, 2.24) is 14.7 Å². The highest BCUT2D eigenvalue weighted by atomic mass is 32.2. The normalized spacial score (nSPS) is 11.4.